The fourth-order valence-corrected chi connectivity index (χ4v) is 11.4. The van der Waals surface area contributed by atoms with Crippen molar-refractivity contribution in [3.05, 3.63) is 105 Å². The number of imide groups is 1. The van der Waals surface area contributed by atoms with Crippen LogP contribution in [0.25, 0.3) is 10.1 Å². The number of amides is 6. The van der Waals surface area contributed by atoms with Gasteiger partial charge >= 0.3 is 13.3 Å². The number of nitrogens with zero attached hydrogens (tertiary/aromatic N) is 3. The SMILES string of the molecule is CC(C)(C)[C@H](NC(=O)c1cc2cc(C(F)(F)P(=O)(O)O)ccc2s1)C(=O)N1C[C@@H](OCCCCCCCCC#Cc2cccc3c2CN(C2CCC(=O)NC2=O)C3=O)C[C@H]1C(=O)N1CCO[C@H](c2ccccc2)C1. The third-order valence-corrected chi connectivity index (χ3v) is 16.2. The van der Waals surface area contributed by atoms with E-state index in [4.69, 9.17) is 9.47 Å². The number of halogens is 2. The molecule has 394 valence electrons. The second-order valence-corrected chi connectivity index (χ2v) is 23.1. The van der Waals surface area contributed by atoms with Crippen LogP contribution in [0.4, 0.5) is 8.78 Å². The number of ether oxygens (including phenoxy) is 2. The van der Waals surface area contributed by atoms with Gasteiger partial charge in [0.15, 0.2) is 0 Å². The van der Waals surface area contributed by atoms with Crippen molar-refractivity contribution in [3.8, 4) is 11.8 Å². The van der Waals surface area contributed by atoms with E-state index in [0.29, 0.717) is 42.9 Å². The lowest BCUT2D eigenvalue weighted by molar-refractivity contribution is -0.150. The second-order valence-electron chi connectivity index (χ2n) is 20.4. The average Bonchev–Trinajstić information content (AvgIpc) is 4.09. The van der Waals surface area contributed by atoms with E-state index in [2.05, 4.69) is 22.5 Å². The predicted octanol–water partition coefficient (Wildman–Crippen LogP) is 7.40. The van der Waals surface area contributed by atoms with Crippen LogP contribution in [0, 0.1) is 17.3 Å². The number of piperidine rings is 1. The van der Waals surface area contributed by atoms with E-state index in [0.717, 1.165) is 78.7 Å². The summed E-state index contributed by atoms with van der Waals surface area (Å²) in [4.78, 5) is 104. The molecular formula is C54H62F2N5O11PS. The Labute approximate surface area is 432 Å². The van der Waals surface area contributed by atoms with Crippen molar-refractivity contribution < 1.29 is 61.4 Å². The minimum absolute atomic E-state index is 0.0937. The molecule has 4 N–H and O–H groups in total. The standard InChI is InChI=1S/C54H62F2N5O11PS/c1-53(2,3)47(58-49(64)45-29-36-28-37(21-23-44(36)74-45)54(55,56)73(68,69)70)52(67)60-31-38(30-42(60)51(66)59-25-27-72-43(33-59)35-17-12-10-13-18-35)71-26-14-9-7-5-4-6-8-11-16-34-19-15-20-39-40(34)32-61(50(39)65)41-22-24-46(62)57-48(41)63/h10,12-13,15,17-21,23,28-29,38,41-43,47H,4-9,14,22,24-27,30-33H2,1-3H3,(H,58,64)(H,57,62,63)(H2,68,69,70)/t38-,41?,42-,43-,47+/m0/s1. The van der Waals surface area contributed by atoms with Crippen LogP contribution in [0.2, 0.25) is 0 Å². The Kier molecular flexibility index (Phi) is 16.9. The molecule has 0 aliphatic carbocycles. The monoisotopic (exact) mass is 1060 g/mol. The highest BCUT2D eigenvalue weighted by molar-refractivity contribution is 7.52. The first-order valence-corrected chi connectivity index (χ1v) is 27.6. The fraction of sp³-hybridized carbons (Fsp3) is 0.481. The Morgan fingerprint density at radius 2 is 1.70 bits per heavy atom. The minimum atomic E-state index is -5.83. The van der Waals surface area contributed by atoms with Gasteiger partial charge in [-0.25, -0.2) is 0 Å². The molecule has 5 heterocycles. The van der Waals surface area contributed by atoms with Crippen molar-refractivity contribution in [1.82, 2.24) is 25.3 Å². The number of hydrogen-bond donors (Lipinski definition) is 4. The van der Waals surface area contributed by atoms with E-state index in [9.17, 15) is 51.9 Å². The molecule has 0 bridgehead atoms. The third kappa shape index (κ3) is 12.3. The van der Waals surface area contributed by atoms with Crippen LogP contribution in [0.15, 0.2) is 72.8 Å². The lowest BCUT2D eigenvalue weighted by Gasteiger charge is -2.38. The first-order valence-electron chi connectivity index (χ1n) is 25.1. The van der Waals surface area contributed by atoms with Crippen molar-refractivity contribution in [1.29, 1.82) is 0 Å². The molecule has 4 aliphatic heterocycles. The predicted molar refractivity (Wildman–Crippen MR) is 272 cm³/mol. The quantitative estimate of drug-likeness (QED) is 0.0354. The van der Waals surface area contributed by atoms with Gasteiger partial charge in [-0.2, -0.15) is 8.78 Å². The summed E-state index contributed by atoms with van der Waals surface area (Å²) >= 11 is 0.979. The van der Waals surface area contributed by atoms with Crippen LogP contribution >= 0.6 is 18.9 Å². The van der Waals surface area contributed by atoms with Crippen molar-refractivity contribution >= 4 is 64.5 Å². The number of benzene rings is 3. The van der Waals surface area contributed by atoms with Gasteiger partial charge in [-0.3, -0.25) is 38.6 Å². The van der Waals surface area contributed by atoms with Gasteiger partial charge in [0.25, 0.3) is 11.8 Å². The van der Waals surface area contributed by atoms with E-state index in [1.165, 1.54) is 21.9 Å². The minimum Gasteiger partial charge on any atom is -0.376 e. The molecule has 0 radical (unpaired) electrons. The van der Waals surface area contributed by atoms with Crippen LogP contribution < -0.4 is 10.6 Å². The summed E-state index contributed by atoms with van der Waals surface area (Å²) in [7, 11) is -5.83. The first-order chi connectivity index (χ1) is 35.2. The van der Waals surface area contributed by atoms with Crippen molar-refractivity contribution in [2.24, 2.45) is 5.41 Å². The molecule has 4 aliphatic rings. The van der Waals surface area contributed by atoms with E-state index < -0.39 is 66.2 Å². The van der Waals surface area contributed by atoms with E-state index in [1.54, 1.807) is 37.8 Å². The van der Waals surface area contributed by atoms with Crippen LogP contribution in [0.3, 0.4) is 0 Å². The lowest BCUT2D eigenvalue weighted by Crippen LogP contribution is -2.58. The van der Waals surface area contributed by atoms with Crippen molar-refractivity contribution in [2.45, 2.75) is 128 Å². The number of carbonyl (C=O) groups excluding carboxylic acids is 6. The lowest BCUT2D eigenvalue weighted by atomic mass is 9.85. The Morgan fingerprint density at radius 3 is 2.43 bits per heavy atom. The molecule has 1 unspecified atom stereocenters. The zero-order valence-electron chi connectivity index (χ0n) is 41.7. The Hall–Kier alpha value is -5.87. The third-order valence-electron chi connectivity index (χ3n) is 14.1. The maximum absolute atomic E-state index is 14.8. The molecule has 6 amide bonds. The smallest absolute Gasteiger partial charge is 0.376 e. The maximum Gasteiger partial charge on any atom is 0.399 e. The number of hydrogen-bond acceptors (Lipinski definition) is 10. The van der Waals surface area contributed by atoms with Crippen LogP contribution in [0.5, 0.6) is 0 Å². The maximum atomic E-state index is 14.8. The Balaban J connectivity index is 0.853. The molecule has 0 saturated carbocycles. The number of alkyl halides is 2. The highest BCUT2D eigenvalue weighted by Gasteiger charge is 2.51. The molecular weight excluding hydrogens is 996 g/mol. The number of nitrogens with one attached hydrogen (secondary N) is 2. The Morgan fingerprint density at radius 1 is 0.959 bits per heavy atom. The second kappa shape index (κ2) is 22.9. The van der Waals surface area contributed by atoms with Crippen molar-refractivity contribution in [2.75, 3.05) is 32.8 Å². The summed E-state index contributed by atoms with van der Waals surface area (Å²) in [5.74, 6) is 4.10. The number of thiophene rings is 1. The van der Waals surface area contributed by atoms with Crippen molar-refractivity contribution in [3.63, 3.8) is 0 Å². The normalized spacial score (nSPS) is 20.8. The molecule has 3 fully saturated rings. The van der Waals surface area contributed by atoms with E-state index in [1.807, 2.05) is 36.4 Å². The van der Waals surface area contributed by atoms with Gasteiger partial charge in [0.05, 0.1) is 24.1 Å². The van der Waals surface area contributed by atoms with Crippen LogP contribution in [-0.4, -0.2) is 117 Å². The number of carbonyl (C=O) groups is 6. The largest absolute Gasteiger partial charge is 0.399 e. The highest BCUT2D eigenvalue weighted by atomic mass is 32.1. The molecule has 74 heavy (non-hydrogen) atoms. The summed E-state index contributed by atoms with van der Waals surface area (Å²) in [5, 5.41) is 5.37. The molecule has 5 atom stereocenters. The van der Waals surface area contributed by atoms with Crippen LogP contribution in [0.1, 0.15) is 133 Å². The van der Waals surface area contributed by atoms with Gasteiger partial charge in [0.1, 0.15) is 24.2 Å². The number of fused-ring (bicyclic) bond motifs is 2. The summed E-state index contributed by atoms with van der Waals surface area (Å²) in [5.41, 5.74) is -3.16. The van der Waals surface area contributed by atoms with Gasteiger partial charge < -0.3 is 39.3 Å². The number of rotatable bonds is 17. The zero-order valence-corrected chi connectivity index (χ0v) is 43.4. The molecule has 1 aromatic heterocycles. The summed E-state index contributed by atoms with van der Waals surface area (Å²) in [6, 6.07) is 16.8. The number of morpholine rings is 1. The van der Waals surface area contributed by atoms with Gasteiger partial charge in [0, 0.05) is 66.9 Å². The molecule has 20 heteroatoms. The van der Waals surface area contributed by atoms with Gasteiger partial charge in [-0.05, 0) is 71.5 Å². The van der Waals surface area contributed by atoms with Gasteiger partial charge in [0.2, 0.25) is 23.6 Å². The molecule has 0 spiro atoms. The number of likely N-dealkylation sites (tertiary alicyclic amines) is 1. The first kappa shape index (κ1) is 54.4. The summed E-state index contributed by atoms with van der Waals surface area (Å²) in [6.45, 7) is 7.11. The fourth-order valence-electron chi connectivity index (χ4n) is 9.99. The van der Waals surface area contributed by atoms with Crippen LogP contribution in [-0.2, 0) is 45.4 Å². The molecule has 16 nitrogen and oxygen atoms in total. The van der Waals surface area contributed by atoms with Gasteiger partial charge in [-0.15, -0.1) is 11.3 Å². The molecule has 3 saturated heterocycles. The van der Waals surface area contributed by atoms with Gasteiger partial charge in [-0.1, -0.05) is 101 Å². The highest BCUT2D eigenvalue weighted by Crippen LogP contribution is 2.59. The number of unbranched alkanes of at least 4 members (excludes halogenated alkanes) is 6. The zero-order chi connectivity index (χ0) is 53.0. The summed E-state index contributed by atoms with van der Waals surface area (Å²) in [6.07, 6.45) is 6.16. The average molecular weight is 1060 g/mol. The molecule has 3 aromatic carbocycles. The molecule has 8 rings (SSSR count). The summed E-state index contributed by atoms with van der Waals surface area (Å²) < 4.78 is 53.6. The topological polar surface area (TPSA) is 212 Å². The molecule has 4 aromatic rings. The van der Waals surface area contributed by atoms with E-state index >= 15 is 0 Å². The van der Waals surface area contributed by atoms with E-state index in [-0.39, 0.29) is 66.6 Å². The Bertz CT molecular complexity index is 2890.